The van der Waals surface area contributed by atoms with E-state index in [9.17, 15) is 9.59 Å². The third kappa shape index (κ3) is 2.18. The lowest BCUT2D eigenvalue weighted by Crippen LogP contribution is -2.31. The van der Waals surface area contributed by atoms with Gasteiger partial charge in [-0.2, -0.15) is 0 Å². The monoisotopic (exact) mass is 235 g/mol. The quantitative estimate of drug-likeness (QED) is 0.428. The summed E-state index contributed by atoms with van der Waals surface area (Å²) in [6, 6.07) is 4.89. The second kappa shape index (κ2) is 4.38. The first kappa shape index (κ1) is 11.3. The second-order valence-corrected chi connectivity index (χ2v) is 3.78. The van der Waals surface area contributed by atoms with Crippen LogP contribution in [0.15, 0.2) is 18.2 Å². The van der Waals surface area contributed by atoms with E-state index in [0.29, 0.717) is 11.5 Å². The number of hydrogen-bond acceptors (Lipinski definition) is 5. The molecule has 0 aromatic carbocycles. The molecule has 2 rings (SSSR count). The number of imide groups is 1. The highest BCUT2D eigenvalue weighted by Crippen LogP contribution is 2.13. The van der Waals surface area contributed by atoms with Crippen LogP contribution in [-0.2, 0) is 11.3 Å². The number of hydrogen-bond donors (Lipinski definition) is 2. The zero-order valence-electron chi connectivity index (χ0n) is 9.38. The molecule has 1 aliphatic heterocycles. The fraction of sp³-hybridized carbons (Fsp3) is 0.300. The number of rotatable bonds is 3. The summed E-state index contributed by atoms with van der Waals surface area (Å²) < 4.78 is 0. The molecule has 17 heavy (non-hydrogen) atoms. The third-order valence-corrected chi connectivity index (χ3v) is 2.51. The summed E-state index contributed by atoms with van der Waals surface area (Å²) in [6.45, 7) is 0.283. The minimum atomic E-state index is -0.303. The van der Waals surface area contributed by atoms with Crippen LogP contribution in [0.5, 0.6) is 0 Å². The number of hydrazine groups is 1. The molecule has 90 valence electrons. The highest BCUT2D eigenvalue weighted by molar-refractivity contribution is 6.01. The van der Waals surface area contributed by atoms with Gasteiger partial charge in [-0.15, -0.1) is 0 Å². The molecule has 3 N–H and O–H groups in total. The molecule has 1 aromatic heterocycles. The number of nitrogens with one attached hydrogen (secondary N) is 1. The maximum Gasteiger partial charge on any atom is 0.327 e. The molecule has 0 atom stereocenters. The van der Waals surface area contributed by atoms with Crippen molar-refractivity contribution in [1.82, 2.24) is 14.8 Å². The zero-order valence-corrected chi connectivity index (χ0v) is 9.38. The number of nitrogen functional groups attached to an aromatic ring is 1. The summed E-state index contributed by atoms with van der Waals surface area (Å²) in [5, 5.41) is 0. The molecule has 2 heterocycles. The zero-order chi connectivity index (χ0) is 12.4. The molecule has 0 saturated carbocycles. The minimum absolute atomic E-state index is 0.119. The van der Waals surface area contributed by atoms with Crippen LogP contribution in [-0.4, -0.2) is 40.3 Å². The first-order valence-corrected chi connectivity index (χ1v) is 5.10. The normalized spacial score (nSPS) is 15.6. The van der Waals surface area contributed by atoms with Gasteiger partial charge in [0.05, 0.1) is 12.2 Å². The summed E-state index contributed by atoms with van der Waals surface area (Å²) >= 11 is 0. The molecule has 0 radical (unpaired) electrons. The van der Waals surface area contributed by atoms with Crippen LogP contribution in [0, 0.1) is 0 Å². The summed E-state index contributed by atoms with van der Waals surface area (Å²) in [6.07, 6.45) is 0. The van der Waals surface area contributed by atoms with Crippen LogP contribution < -0.4 is 11.3 Å². The van der Waals surface area contributed by atoms with E-state index in [2.05, 4.69) is 10.4 Å². The molecule has 7 heteroatoms. The molecular formula is C10H13N5O2. The Morgan fingerprint density at radius 2 is 2.24 bits per heavy atom. The van der Waals surface area contributed by atoms with E-state index >= 15 is 0 Å². The van der Waals surface area contributed by atoms with E-state index in [1.807, 2.05) is 0 Å². The average Bonchev–Trinajstić information content (AvgIpc) is 2.56. The molecule has 3 amide bonds. The Morgan fingerprint density at radius 3 is 2.82 bits per heavy atom. The first-order valence-electron chi connectivity index (χ1n) is 5.10. The van der Waals surface area contributed by atoms with Gasteiger partial charge in [-0.3, -0.25) is 9.69 Å². The Hall–Kier alpha value is -2.15. The van der Waals surface area contributed by atoms with Crippen molar-refractivity contribution in [2.24, 2.45) is 5.84 Å². The van der Waals surface area contributed by atoms with E-state index in [1.54, 1.807) is 25.2 Å². The molecule has 1 aromatic rings. The molecule has 1 saturated heterocycles. The van der Waals surface area contributed by atoms with Crippen molar-refractivity contribution < 1.29 is 9.59 Å². The van der Waals surface area contributed by atoms with Crippen LogP contribution >= 0.6 is 0 Å². The Balaban J connectivity index is 2.15. The molecular weight excluding hydrogens is 222 g/mol. The smallest absolute Gasteiger partial charge is 0.318 e. The number of likely N-dealkylation sites (N-methyl/N-ethyl adjacent to an activating group) is 1. The number of pyridine rings is 1. The van der Waals surface area contributed by atoms with Crippen molar-refractivity contribution >= 4 is 17.8 Å². The van der Waals surface area contributed by atoms with Gasteiger partial charge in [0, 0.05) is 7.05 Å². The number of aromatic nitrogens is 1. The maximum absolute atomic E-state index is 11.6. The number of carbonyl (C=O) groups is 2. The van der Waals surface area contributed by atoms with Gasteiger partial charge in [0.1, 0.15) is 12.4 Å². The molecule has 0 unspecified atom stereocenters. The summed E-state index contributed by atoms with van der Waals surface area (Å²) in [5.41, 5.74) is 3.02. The molecule has 0 bridgehead atoms. The van der Waals surface area contributed by atoms with E-state index in [0.717, 1.165) is 0 Å². The molecule has 0 aliphatic carbocycles. The fourth-order valence-electron chi connectivity index (χ4n) is 1.63. The average molecular weight is 235 g/mol. The van der Waals surface area contributed by atoms with Crippen LogP contribution in [0.2, 0.25) is 0 Å². The van der Waals surface area contributed by atoms with Crippen molar-refractivity contribution in [3.05, 3.63) is 23.9 Å². The van der Waals surface area contributed by atoms with E-state index in [4.69, 9.17) is 5.84 Å². The van der Waals surface area contributed by atoms with Crippen LogP contribution in [0.3, 0.4) is 0 Å². The van der Waals surface area contributed by atoms with Gasteiger partial charge < -0.3 is 10.3 Å². The van der Waals surface area contributed by atoms with Gasteiger partial charge >= 0.3 is 6.03 Å². The Morgan fingerprint density at radius 1 is 1.47 bits per heavy atom. The van der Waals surface area contributed by atoms with Crippen LogP contribution in [0.4, 0.5) is 10.6 Å². The van der Waals surface area contributed by atoms with Gasteiger partial charge in [-0.05, 0) is 12.1 Å². The lowest BCUT2D eigenvalue weighted by molar-refractivity contribution is -0.125. The number of nitrogens with zero attached hydrogens (tertiary/aromatic N) is 3. The van der Waals surface area contributed by atoms with E-state index < -0.39 is 0 Å². The lowest BCUT2D eigenvalue weighted by atomic mass is 10.3. The molecule has 1 aliphatic rings. The Bertz CT molecular complexity index is 462. The molecule has 7 nitrogen and oxygen atoms in total. The topological polar surface area (TPSA) is 91.6 Å². The largest absolute Gasteiger partial charge is 0.327 e. The Kier molecular flexibility index (Phi) is 2.92. The second-order valence-electron chi connectivity index (χ2n) is 3.78. The van der Waals surface area contributed by atoms with Crippen LogP contribution in [0.25, 0.3) is 0 Å². The first-order chi connectivity index (χ1) is 8.11. The van der Waals surface area contributed by atoms with Crippen molar-refractivity contribution in [2.45, 2.75) is 6.54 Å². The lowest BCUT2D eigenvalue weighted by Gasteiger charge is -2.13. The predicted octanol–water partition coefficient (Wildman–Crippen LogP) is -0.239. The highest BCUT2D eigenvalue weighted by Gasteiger charge is 2.33. The van der Waals surface area contributed by atoms with Gasteiger partial charge in [0.2, 0.25) is 0 Å². The third-order valence-electron chi connectivity index (χ3n) is 2.51. The summed E-state index contributed by atoms with van der Waals surface area (Å²) in [5.74, 6) is 5.51. The fourth-order valence-corrected chi connectivity index (χ4v) is 1.63. The molecule has 0 spiro atoms. The maximum atomic E-state index is 11.6. The van der Waals surface area contributed by atoms with E-state index in [1.165, 1.54) is 9.80 Å². The number of nitrogens with two attached hydrogens (primary N) is 1. The summed E-state index contributed by atoms with van der Waals surface area (Å²) in [4.78, 5) is 29.9. The van der Waals surface area contributed by atoms with Crippen LogP contribution in [0.1, 0.15) is 5.69 Å². The van der Waals surface area contributed by atoms with Crippen molar-refractivity contribution in [3.8, 4) is 0 Å². The number of carbonyl (C=O) groups excluding carboxylic acids is 2. The van der Waals surface area contributed by atoms with Crippen molar-refractivity contribution in [1.29, 1.82) is 0 Å². The summed E-state index contributed by atoms with van der Waals surface area (Å²) in [7, 11) is 1.59. The van der Waals surface area contributed by atoms with Gasteiger partial charge in [-0.1, -0.05) is 6.07 Å². The highest BCUT2D eigenvalue weighted by atomic mass is 16.2. The van der Waals surface area contributed by atoms with Gasteiger partial charge in [0.15, 0.2) is 0 Å². The standard InChI is InChI=1S/C10H13N5O2/c1-14-6-9(16)15(10(14)17)5-7-3-2-4-8(12-7)13-11/h2-4H,5-6,11H2,1H3,(H,12,13). The Labute approximate surface area is 98.2 Å². The predicted molar refractivity (Wildman–Crippen MR) is 60.6 cm³/mol. The van der Waals surface area contributed by atoms with E-state index in [-0.39, 0.29) is 25.0 Å². The van der Waals surface area contributed by atoms with Crippen molar-refractivity contribution in [2.75, 3.05) is 19.0 Å². The minimum Gasteiger partial charge on any atom is -0.318 e. The SMILES string of the molecule is CN1CC(=O)N(Cc2cccc(NN)n2)C1=O. The number of anilines is 1. The van der Waals surface area contributed by atoms with Crippen molar-refractivity contribution in [3.63, 3.8) is 0 Å². The molecule has 1 fully saturated rings. The number of urea groups is 1. The van der Waals surface area contributed by atoms with Gasteiger partial charge in [-0.25, -0.2) is 15.6 Å². The van der Waals surface area contributed by atoms with Gasteiger partial charge in [0.25, 0.3) is 5.91 Å². The number of amides is 3.